The third kappa shape index (κ3) is 1.63. The van der Waals surface area contributed by atoms with Crippen molar-refractivity contribution in [3.8, 4) is 0 Å². The van der Waals surface area contributed by atoms with E-state index in [9.17, 15) is 4.79 Å². The van der Waals surface area contributed by atoms with Crippen molar-refractivity contribution < 1.29 is 9.53 Å². The zero-order valence-corrected chi connectivity index (χ0v) is 7.57. The number of hydrogen-bond acceptors (Lipinski definition) is 2. The van der Waals surface area contributed by atoms with Gasteiger partial charge in [0.25, 0.3) is 0 Å². The van der Waals surface area contributed by atoms with Gasteiger partial charge in [0.05, 0.1) is 6.10 Å². The normalized spacial score (nSPS) is 25.6. The lowest BCUT2D eigenvalue weighted by Gasteiger charge is -1.94. The molecule has 1 heterocycles. The molecule has 0 unspecified atom stereocenters. The van der Waals surface area contributed by atoms with Gasteiger partial charge in [0.15, 0.2) is 5.78 Å². The summed E-state index contributed by atoms with van der Waals surface area (Å²) in [4.78, 5) is 11.7. The van der Waals surface area contributed by atoms with Crippen LogP contribution < -0.4 is 0 Å². The Hall–Kier alpha value is -1.15. The van der Waals surface area contributed by atoms with Crippen molar-refractivity contribution in [2.45, 2.75) is 25.6 Å². The van der Waals surface area contributed by atoms with E-state index in [1.807, 2.05) is 37.3 Å². The number of ether oxygens (including phenoxy) is 1. The van der Waals surface area contributed by atoms with Crippen LogP contribution in [0.15, 0.2) is 30.3 Å². The minimum absolute atomic E-state index is 0.118. The topological polar surface area (TPSA) is 29.6 Å². The molecule has 1 fully saturated rings. The molecule has 13 heavy (non-hydrogen) atoms. The summed E-state index contributed by atoms with van der Waals surface area (Å²) in [6.45, 7) is 2.03. The van der Waals surface area contributed by atoms with Gasteiger partial charge in [-0.3, -0.25) is 4.79 Å². The molecule has 0 aromatic heterocycles. The molecular weight excluding hydrogens is 164 g/mol. The maximum atomic E-state index is 11.7. The highest BCUT2D eigenvalue weighted by atomic mass is 16.6. The molecule has 0 N–H and O–H groups in total. The average Bonchev–Trinajstić information content (AvgIpc) is 2.97. The van der Waals surface area contributed by atoms with Crippen LogP contribution in [0.25, 0.3) is 0 Å². The predicted molar refractivity (Wildman–Crippen MR) is 49.7 cm³/mol. The summed E-state index contributed by atoms with van der Waals surface area (Å²) in [5.74, 6) is 0.118. The maximum Gasteiger partial charge on any atom is 0.194 e. The molecule has 0 aliphatic carbocycles. The lowest BCUT2D eigenvalue weighted by molar-refractivity contribution is 0.0953. The van der Waals surface area contributed by atoms with Crippen LogP contribution in [0.5, 0.6) is 0 Å². The minimum atomic E-state index is -0.174. The molecule has 0 amide bonds. The summed E-state index contributed by atoms with van der Waals surface area (Å²) < 4.78 is 5.23. The third-order valence-electron chi connectivity index (χ3n) is 2.30. The van der Waals surface area contributed by atoms with Crippen LogP contribution in [0.3, 0.4) is 0 Å². The Kier molecular flexibility index (Phi) is 2.15. The Morgan fingerprint density at radius 2 is 2.08 bits per heavy atom. The monoisotopic (exact) mass is 176 g/mol. The van der Waals surface area contributed by atoms with Crippen LogP contribution in [0.4, 0.5) is 0 Å². The first-order valence-corrected chi connectivity index (χ1v) is 4.57. The molecule has 0 saturated carbocycles. The van der Waals surface area contributed by atoms with Gasteiger partial charge in [0.2, 0.25) is 0 Å². The summed E-state index contributed by atoms with van der Waals surface area (Å²) in [7, 11) is 0. The number of Topliss-reactive ketones (excluding diaryl/α,β-unsaturated/α-hetero) is 1. The Labute approximate surface area is 77.5 Å². The fraction of sp³-hybridized carbons (Fsp3) is 0.364. The minimum Gasteiger partial charge on any atom is -0.361 e. The number of carbonyl (C=O) groups is 1. The number of benzene rings is 1. The number of epoxide rings is 1. The molecule has 2 atom stereocenters. The van der Waals surface area contributed by atoms with Gasteiger partial charge in [-0.25, -0.2) is 0 Å². The molecule has 0 spiro atoms. The summed E-state index contributed by atoms with van der Waals surface area (Å²) in [5.41, 5.74) is 0.753. The predicted octanol–water partition coefficient (Wildman–Crippen LogP) is 2.05. The lowest BCUT2D eigenvalue weighted by atomic mass is 10.1. The largest absolute Gasteiger partial charge is 0.361 e. The number of ketones is 1. The van der Waals surface area contributed by atoms with Crippen molar-refractivity contribution >= 4 is 5.78 Å². The van der Waals surface area contributed by atoms with Gasteiger partial charge >= 0.3 is 0 Å². The van der Waals surface area contributed by atoms with Gasteiger partial charge in [0, 0.05) is 5.56 Å². The average molecular weight is 176 g/mol. The van der Waals surface area contributed by atoms with E-state index in [1.165, 1.54) is 0 Å². The Balaban J connectivity index is 2.07. The second-order valence-electron chi connectivity index (χ2n) is 3.23. The van der Waals surface area contributed by atoms with E-state index in [2.05, 4.69) is 0 Å². The second-order valence-corrected chi connectivity index (χ2v) is 3.23. The summed E-state index contributed by atoms with van der Waals surface area (Å²) in [6, 6.07) is 9.31. The van der Waals surface area contributed by atoms with Gasteiger partial charge in [0.1, 0.15) is 6.10 Å². The fourth-order valence-corrected chi connectivity index (χ4v) is 1.45. The zero-order chi connectivity index (χ0) is 9.26. The number of carbonyl (C=O) groups excluding carboxylic acids is 1. The SMILES string of the molecule is CC[C@H]1O[C@H]1C(=O)c1ccccc1. The highest BCUT2D eigenvalue weighted by Crippen LogP contribution is 2.28. The van der Waals surface area contributed by atoms with E-state index in [1.54, 1.807) is 0 Å². The van der Waals surface area contributed by atoms with Crippen LogP contribution in [0, 0.1) is 0 Å². The molecule has 1 aromatic carbocycles. The highest BCUT2D eigenvalue weighted by Gasteiger charge is 2.43. The molecule has 0 bridgehead atoms. The van der Waals surface area contributed by atoms with Crippen molar-refractivity contribution in [3.05, 3.63) is 35.9 Å². The van der Waals surface area contributed by atoms with E-state index in [0.29, 0.717) is 0 Å². The molecule has 0 radical (unpaired) electrons. The van der Waals surface area contributed by atoms with Crippen LogP contribution in [0.1, 0.15) is 23.7 Å². The van der Waals surface area contributed by atoms with Crippen molar-refractivity contribution in [2.75, 3.05) is 0 Å². The molecule has 1 saturated heterocycles. The van der Waals surface area contributed by atoms with Crippen LogP contribution in [-0.2, 0) is 4.74 Å². The number of rotatable bonds is 3. The highest BCUT2D eigenvalue weighted by molar-refractivity contribution is 6.01. The summed E-state index contributed by atoms with van der Waals surface area (Å²) in [5, 5.41) is 0. The van der Waals surface area contributed by atoms with Gasteiger partial charge in [-0.1, -0.05) is 37.3 Å². The Morgan fingerprint density at radius 1 is 1.38 bits per heavy atom. The quantitative estimate of drug-likeness (QED) is 0.521. The van der Waals surface area contributed by atoms with E-state index in [-0.39, 0.29) is 18.0 Å². The molecule has 2 heteroatoms. The van der Waals surface area contributed by atoms with Gasteiger partial charge in [-0.05, 0) is 6.42 Å². The fourth-order valence-electron chi connectivity index (χ4n) is 1.45. The Bertz CT molecular complexity index is 305. The van der Waals surface area contributed by atoms with Gasteiger partial charge < -0.3 is 4.74 Å². The van der Waals surface area contributed by atoms with Gasteiger partial charge in [-0.2, -0.15) is 0 Å². The second kappa shape index (κ2) is 3.30. The van der Waals surface area contributed by atoms with Crippen molar-refractivity contribution in [2.24, 2.45) is 0 Å². The summed E-state index contributed by atoms with van der Waals surface area (Å²) in [6.07, 6.45) is 0.906. The molecule has 1 aliphatic rings. The third-order valence-corrected chi connectivity index (χ3v) is 2.30. The molecule has 1 aliphatic heterocycles. The molecule has 2 nitrogen and oxygen atoms in total. The smallest absolute Gasteiger partial charge is 0.194 e. The zero-order valence-electron chi connectivity index (χ0n) is 7.57. The first kappa shape index (κ1) is 8.45. The standard InChI is InChI=1S/C11H12O2/c1-2-9-11(13-9)10(12)8-6-4-3-5-7-8/h3-7,9,11H,2H2,1H3/t9-,11-/m1/s1. The van der Waals surface area contributed by atoms with E-state index in [4.69, 9.17) is 4.74 Å². The Morgan fingerprint density at radius 3 is 2.62 bits per heavy atom. The molecule has 68 valence electrons. The van der Waals surface area contributed by atoms with Crippen LogP contribution in [0.2, 0.25) is 0 Å². The number of hydrogen-bond donors (Lipinski definition) is 0. The van der Waals surface area contributed by atoms with E-state index in [0.717, 1.165) is 12.0 Å². The van der Waals surface area contributed by atoms with E-state index < -0.39 is 0 Å². The van der Waals surface area contributed by atoms with Crippen molar-refractivity contribution in [1.29, 1.82) is 0 Å². The van der Waals surface area contributed by atoms with E-state index >= 15 is 0 Å². The summed E-state index contributed by atoms with van der Waals surface area (Å²) >= 11 is 0. The van der Waals surface area contributed by atoms with Gasteiger partial charge in [-0.15, -0.1) is 0 Å². The van der Waals surface area contributed by atoms with Crippen molar-refractivity contribution in [3.63, 3.8) is 0 Å². The molecule has 1 aromatic rings. The van der Waals surface area contributed by atoms with Crippen LogP contribution in [-0.4, -0.2) is 18.0 Å². The van der Waals surface area contributed by atoms with Crippen LogP contribution >= 0.6 is 0 Å². The maximum absolute atomic E-state index is 11.7. The van der Waals surface area contributed by atoms with Crippen molar-refractivity contribution in [1.82, 2.24) is 0 Å². The molecular formula is C11H12O2. The first-order valence-electron chi connectivity index (χ1n) is 4.57. The first-order chi connectivity index (χ1) is 6.33. The lowest BCUT2D eigenvalue weighted by Crippen LogP contribution is -2.09. The molecule has 2 rings (SSSR count).